The molecule has 0 atom stereocenters. The van der Waals surface area contributed by atoms with Gasteiger partial charge in [0.15, 0.2) is 11.7 Å². The van der Waals surface area contributed by atoms with E-state index in [0.717, 1.165) is 36.7 Å². The quantitative estimate of drug-likeness (QED) is 0.570. The first-order valence-corrected chi connectivity index (χ1v) is 9.74. The highest BCUT2D eigenvalue weighted by Gasteiger charge is 2.43. The second-order valence-electron chi connectivity index (χ2n) is 7.73. The van der Waals surface area contributed by atoms with E-state index >= 15 is 0 Å². The zero-order valence-electron chi connectivity index (χ0n) is 16.3. The van der Waals surface area contributed by atoms with E-state index in [1.165, 1.54) is 12.3 Å². The number of nitrogens with zero attached hydrogens (tertiary/aromatic N) is 1. The number of pyridine rings is 1. The summed E-state index contributed by atoms with van der Waals surface area (Å²) in [5.74, 6) is -0.693. The first kappa shape index (κ1) is 19.4. The first-order chi connectivity index (χ1) is 14.0. The van der Waals surface area contributed by atoms with Crippen LogP contribution >= 0.6 is 0 Å². The summed E-state index contributed by atoms with van der Waals surface area (Å²) in [5, 5.41) is 9.38. The highest BCUT2D eigenvalue weighted by molar-refractivity contribution is 5.88. The second kappa shape index (κ2) is 7.48. The number of fused-ring (bicyclic) bond motifs is 4. The lowest BCUT2D eigenvalue weighted by atomic mass is 9.69. The number of hydrogen-bond acceptors (Lipinski definition) is 5. The number of carboxylic acid groups (broad SMARTS) is 1. The Morgan fingerprint density at radius 2 is 2.07 bits per heavy atom. The Labute approximate surface area is 167 Å². The molecule has 7 heteroatoms. The fraction of sp³-hybridized carbons (Fsp3) is 0.409. The summed E-state index contributed by atoms with van der Waals surface area (Å²) in [6, 6.07) is 5.02. The summed E-state index contributed by atoms with van der Waals surface area (Å²) < 4.78 is 12.8. The molecule has 2 aromatic rings. The molecule has 152 valence electrons. The average Bonchev–Trinajstić information content (AvgIpc) is 2.68. The first-order valence-electron chi connectivity index (χ1n) is 9.74. The zero-order valence-corrected chi connectivity index (χ0v) is 16.3. The van der Waals surface area contributed by atoms with Gasteiger partial charge in [0.25, 0.3) is 0 Å². The van der Waals surface area contributed by atoms with Gasteiger partial charge in [-0.3, -0.25) is 9.59 Å². The van der Waals surface area contributed by atoms with Crippen molar-refractivity contribution in [2.45, 2.75) is 37.6 Å². The molecule has 1 saturated carbocycles. The number of aldehydes is 1. The van der Waals surface area contributed by atoms with Crippen molar-refractivity contribution in [1.82, 2.24) is 4.57 Å². The molecule has 1 aromatic carbocycles. The van der Waals surface area contributed by atoms with E-state index in [1.54, 1.807) is 13.2 Å². The second-order valence-corrected chi connectivity index (χ2v) is 7.73. The molecule has 1 aliphatic heterocycles. The van der Waals surface area contributed by atoms with Gasteiger partial charge in [0.2, 0.25) is 0 Å². The van der Waals surface area contributed by atoms with Crippen LogP contribution in [-0.4, -0.2) is 42.3 Å². The van der Waals surface area contributed by atoms with Crippen LogP contribution < -0.4 is 10.2 Å². The van der Waals surface area contributed by atoms with Crippen LogP contribution in [0.5, 0.6) is 5.75 Å². The molecule has 2 aliphatic rings. The van der Waals surface area contributed by atoms with Crippen LogP contribution in [0, 0.1) is 0 Å². The summed E-state index contributed by atoms with van der Waals surface area (Å²) in [6.07, 6.45) is 6.53. The number of methoxy groups -OCH3 is 1. The van der Waals surface area contributed by atoms with Gasteiger partial charge in [0.1, 0.15) is 11.3 Å². The van der Waals surface area contributed by atoms with Crippen molar-refractivity contribution in [3.63, 3.8) is 0 Å². The van der Waals surface area contributed by atoms with Crippen molar-refractivity contribution in [2.75, 3.05) is 20.3 Å². The number of aromatic nitrogens is 1. The number of carbonyl (C=O) groups excluding carboxylic acids is 1. The molecule has 0 amide bonds. The van der Waals surface area contributed by atoms with Gasteiger partial charge in [-0.05, 0) is 43.4 Å². The van der Waals surface area contributed by atoms with Crippen molar-refractivity contribution < 1.29 is 24.2 Å². The van der Waals surface area contributed by atoms with E-state index in [-0.39, 0.29) is 11.1 Å². The molecule has 2 heterocycles. The number of carbonyl (C=O) groups is 2. The molecule has 1 aliphatic carbocycles. The monoisotopic (exact) mass is 397 g/mol. The van der Waals surface area contributed by atoms with E-state index in [0.29, 0.717) is 43.1 Å². The zero-order chi connectivity index (χ0) is 20.6. The molecule has 1 N–H and O–H groups in total. The third-order valence-corrected chi connectivity index (χ3v) is 5.99. The summed E-state index contributed by atoms with van der Waals surface area (Å²) in [7, 11) is 1.63. The maximum atomic E-state index is 12.4. The van der Waals surface area contributed by atoms with Gasteiger partial charge in [-0.25, -0.2) is 4.79 Å². The molecule has 0 saturated heterocycles. The number of ether oxygens (including phenoxy) is 2. The Morgan fingerprint density at radius 3 is 2.69 bits per heavy atom. The van der Waals surface area contributed by atoms with Gasteiger partial charge in [0.05, 0.1) is 17.9 Å². The van der Waals surface area contributed by atoms with Gasteiger partial charge in [-0.15, -0.1) is 0 Å². The molecule has 0 unspecified atom stereocenters. The van der Waals surface area contributed by atoms with E-state index in [4.69, 9.17) is 9.47 Å². The number of aromatic carboxylic acids is 1. The Morgan fingerprint density at radius 1 is 1.28 bits per heavy atom. The summed E-state index contributed by atoms with van der Waals surface area (Å²) in [6.45, 7) is 1.02. The minimum absolute atomic E-state index is 0.225. The number of carboxylic acids is 1. The van der Waals surface area contributed by atoms with E-state index < -0.39 is 11.4 Å². The average molecular weight is 397 g/mol. The van der Waals surface area contributed by atoms with Crippen LogP contribution in [0.15, 0.2) is 29.2 Å². The van der Waals surface area contributed by atoms with Crippen LogP contribution in [0.2, 0.25) is 0 Å². The fourth-order valence-corrected chi connectivity index (χ4v) is 4.36. The number of hydrogen-bond donors (Lipinski definition) is 1. The Hall–Kier alpha value is -2.93. The summed E-state index contributed by atoms with van der Waals surface area (Å²) in [4.78, 5) is 35.5. The highest BCUT2D eigenvalue weighted by atomic mass is 16.5. The van der Waals surface area contributed by atoms with E-state index in [2.05, 4.69) is 0 Å². The van der Waals surface area contributed by atoms with Gasteiger partial charge in [-0.2, -0.15) is 0 Å². The largest absolute Gasteiger partial charge is 0.493 e. The smallest absolute Gasteiger partial charge is 0.341 e. The summed E-state index contributed by atoms with van der Waals surface area (Å²) in [5.41, 5.74) is 1.89. The van der Waals surface area contributed by atoms with Gasteiger partial charge < -0.3 is 19.1 Å². The third-order valence-electron chi connectivity index (χ3n) is 5.99. The normalized spacial score (nSPS) is 15.9. The van der Waals surface area contributed by atoms with Crippen LogP contribution in [0.1, 0.15) is 52.0 Å². The van der Waals surface area contributed by atoms with Crippen LogP contribution in [0.25, 0.3) is 11.3 Å². The van der Waals surface area contributed by atoms with E-state index in [1.807, 2.05) is 10.6 Å². The molecule has 7 nitrogen and oxygen atoms in total. The Balaban J connectivity index is 1.82. The Kier molecular flexibility index (Phi) is 5.00. The molecular weight excluding hydrogens is 374 g/mol. The topological polar surface area (TPSA) is 94.8 Å². The maximum absolute atomic E-state index is 12.4. The van der Waals surface area contributed by atoms with E-state index in [9.17, 15) is 19.5 Å². The molecule has 0 radical (unpaired) electrons. The molecule has 0 bridgehead atoms. The highest BCUT2D eigenvalue weighted by Crippen LogP contribution is 2.49. The lowest BCUT2D eigenvalue weighted by molar-refractivity contribution is 0.0691. The molecule has 4 rings (SSSR count). The van der Waals surface area contributed by atoms with Crippen LogP contribution in [0.4, 0.5) is 0 Å². The molecule has 29 heavy (non-hydrogen) atoms. The van der Waals surface area contributed by atoms with Crippen LogP contribution in [0.3, 0.4) is 0 Å². The minimum Gasteiger partial charge on any atom is -0.493 e. The van der Waals surface area contributed by atoms with Crippen molar-refractivity contribution in [2.24, 2.45) is 0 Å². The lowest BCUT2D eigenvalue weighted by Gasteiger charge is -2.48. The maximum Gasteiger partial charge on any atom is 0.341 e. The van der Waals surface area contributed by atoms with Gasteiger partial charge >= 0.3 is 5.97 Å². The predicted molar refractivity (Wildman–Crippen MR) is 106 cm³/mol. The predicted octanol–water partition coefficient (Wildman–Crippen LogP) is 2.88. The molecule has 1 fully saturated rings. The number of benzene rings is 1. The van der Waals surface area contributed by atoms with Gasteiger partial charge in [-0.1, -0.05) is 0 Å². The van der Waals surface area contributed by atoms with Crippen molar-refractivity contribution in [3.05, 3.63) is 51.3 Å². The summed E-state index contributed by atoms with van der Waals surface area (Å²) >= 11 is 0. The standard InChI is InChI=1S/C22H23NO6/c1-28-6-3-7-29-20-9-14-11-22(4-2-5-22)23-12-17(21(26)27)19(25)10-18(23)16(14)8-15(20)13-24/h8-10,12-13H,2-7,11H2,1H3,(H,26,27). The minimum atomic E-state index is -1.22. The van der Waals surface area contributed by atoms with Crippen LogP contribution in [-0.2, 0) is 16.7 Å². The third kappa shape index (κ3) is 3.25. The molecule has 1 aromatic heterocycles. The van der Waals surface area contributed by atoms with Crippen molar-refractivity contribution in [1.29, 1.82) is 0 Å². The Bertz CT molecular complexity index is 1030. The van der Waals surface area contributed by atoms with Crippen molar-refractivity contribution in [3.8, 4) is 17.0 Å². The SMILES string of the molecule is COCCCOc1cc2c(cc1C=O)-c1cc(=O)c(C(=O)O)cn1C1(CCC1)C2. The lowest BCUT2D eigenvalue weighted by Crippen LogP contribution is -2.46. The molecule has 1 spiro atoms. The fourth-order valence-electron chi connectivity index (χ4n) is 4.36. The van der Waals surface area contributed by atoms with Gasteiger partial charge in [0, 0.05) is 43.5 Å². The van der Waals surface area contributed by atoms with Crippen molar-refractivity contribution >= 4 is 12.3 Å². The molecular formula is C22H23NO6. The number of rotatable bonds is 7.